The Hall–Kier alpha value is -2.93. The number of carbonyl (C=O) groups excluding carboxylic acids is 1. The molecule has 3 aromatic rings. The van der Waals surface area contributed by atoms with Crippen molar-refractivity contribution in [3.63, 3.8) is 0 Å². The van der Waals surface area contributed by atoms with Crippen LogP contribution < -0.4 is 14.8 Å². The summed E-state index contributed by atoms with van der Waals surface area (Å²) < 4.78 is 16.0. The van der Waals surface area contributed by atoms with Crippen molar-refractivity contribution < 1.29 is 18.8 Å². The van der Waals surface area contributed by atoms with E-state index in [4.69, 9.17) is 14.0 Å². The molecule has 0 spiro atoms. The number of amides is 1. The molecule has 0 atom stereocenters. The van der Waals surface area contributed by atoms with Crippen molar-refractivity contribution in [2.24, 2.45) is 0 Å². The number of hydrogen-bond acceptors (Lipinski definition) is 6. The van der Waals surface area contributed by atoms with Crippen molar-refractivity contribution in [3.8, 4) is 22.8 Å². The van der Waals surface area contributed by atoms with Crippen LogP contribution in [0.3, 0.4) is 0 Å². The van der Waals surface area contributed by atoms with Gasteiger partial charge in [0.15, 0.2) is 11.5 Å². The maximum Gasteiger partial charge on any atom is 0.278 e. The molecule has 1 N–H and O–H groups in total. The Balaban J connectivity index is 1.67. The highest BCUT2D eigenvalue weighted by Crippen LogP contribution is 2.42. The van der Waals surface area contributed by atoms with Crippen LogP contribution >= 0.6 is 11.8 Å². The number of nitrogens with one attached hydrogen (secondary N) is 1. The second kappa shape index (κ2) is 6.76. The number of thioether (sulfide) groups is 1. The largest absolute Gasteiger partial charge is 0.497 e. The average Bonchev–Trinajstić information content (AvgIpc) is 3.12. The van der Waals surface area contributed by atoms with Crippen molar-refractivity contribution in [1.82, 2.24) is 5.16 Å². The van der Waals surface area contributed by atoms with Crippen LogP contribution in [0.5, 0.6) is 11.5 Å². The molecule has 0 saturated heterocycles. The number of methoxy groups -OCH3 is 2. The zero-order valence-electron chi connectivity index (χ0n) is 14.2. The highest BCUT2D eigenvalue weighted by molar-refractivity contribution is 7.98. The van der Waals surface area contributed by atoms with E-state index >= 15 is 0 Å². The van der Waals surface area contributed by atoms with Crippen LogP contribution in [0, 0.1) is 0 Å². The molecular formula is C19H16N2O4S. The van der Waals surface area contributed by atoms with E-state index in [9.17, 15) is 4.79 Å². The first-order chi connectivity index (χ1) is 12.7. The fourth-order valence-electron chi connectivity index (χ4n) is 2.86. The SMILES string of the molecule is COc1ccc(OC)c(NC(=O)c2noc3c2CSc2ccccc2-3)c1. The Kier molecular flexibility index (Phi) is 4.30. The van der Waals surface area contributed by atoms with Gasteiger partial charge in [-0.05, 0) is 24.3 Å². The number of carbonyl (C=O) groups is 1. The molecule has 4 rings (SSSR count). The lowest BCUT2D eigenvalue weighted by Crippen LogP contribution is -2.15. The summed E-state index contributed by atoms with van der Waals surface area (Å²) in [5, 5.41) is 6.86. The number of rotatable bonds is 4. The van der Waals surface area contributed by atoms with Crippen LogP contribution in [-0.4, -0.2) is 25.3 Å². The third kappa shape index (κ3) is 2.80. The number of anilines is 1. The van der Waals surface area contributed by atoms with Crippen molar-refractivity contribution in [2.75, 3.05) is 19.5 Å². The number of fused-ring (bicyclic) bond motifs is 3. The van der Waals surface area contributed by atoms with E-state index < -0.39 is 0 Å². The predicted octanol–water partition coefficient (Wildman–Crippen LogP) is 4.22. The Bertz CT molecular complexity index is 983. The number of ether oxygens (including phenoxy) is 2. The molecule has 7 heteroatoms. The molecule has 0 saturated carbocycles. The monoisotopic (exact) mass is 368 g/mol. The van der Waals surface area contributed by atoms with Crippen LogP contribution in [0.15, 0.2) is 51.9 Å². The van der Waals surface area contributed by atoms with Crippen molar-refractivity contribution in [2.45, 2.75) is 10.6 Å². The molecule has 0 unspecified atom stereocenters. The summed E-state index contributed by atoms with van der Waals surface area (Å²) in [6, 6.07) is 13.1. The summed E-state index contributed by atoms with van der Waals surface area (Å²) in [5.74, 6) is 2.10. The minimum absolute atomic E-state index is 0.284. The maximum atomic E-state index is 12.8. The normalized spacial score (nSPS) is 12.1. The quantitative estimate of drug-likeness (QED) is 0.743. The number of aromatic nitrogens is 1. The van der Waals surface area contributed by atoms with Gasteiger partial charge in [-0.1, -0.05) is 17.3 Å². The van der Waals surface area contributed by atoms with E-state index in [2.05, 4.69) is 10.5 Å². The zero-order valence-corrected chi connectivity index (χ0v) is 15.1. The fraction of sp³-hybridized carbons (Fsp3) is 0.158. The van der Waals surface area contributed by atoms with Gasteiger partial charge in [-0.25, -0.2) is 0 Å². The van der Waals surface area contributed by atoms with E-state index in [1.165, 1.54) is 0 Å². The van der Waals surface area contributed by atoms with Crippen LogP contribution in [-0.2, 0) is 5.75 Å². The summed E-state index contributed by atoms with van der Waals surface area (Å²) in [6.45, 7) is 0. The second-order valence-corrected chi connectivity index (χ2v) is 6.66. The van der Waals surface area contributed by atoms with E-state index in [1.807, 2.05) is 24.3 Å². The summed E-state index contributed by atoms with van der Waals surface area (Å²) >= 11 is 1.66. The Morgan fingerprint density at radius 2 is 2.04 bits per heavy atom. The molecule has 0 bridgehead atoms. The Morgan fingerprint density at radius 3 is 2.85 bits per heavy atom. The van der Waals surface area contributed by atoms with Gasteiger partial charge >= 0.3 is 0 Å². The van der Waals surface area contributed by atoms with Gasteiger partial charge in [0.2, 0.25) is 0 Å². The van der Waals surface area contributed by atoms with Crippen molar-refractivity contribution in [1.29, 1.82) is 0 Å². The molecule has 2 heterocycles. The van der Waals surface area contributed by atoms with E-state index in [0.29, 0.717) is 28.7 Å². The van der Waals surface area contributed by atoms with Gasteiger partial charge in [-0.15, -0.1) is 11.8 Å². The second-order valence-electron chi connectivity index (χ2n) is 5.64. The number of benzene rings is 2. The van der Waals surface area contributed by atoms with Crippen LogP contribution in [0.25, 0.3) is 11.3 Å². The van der Waals surface area contributed by atoms with Gasteiger partial charge < -0.3 is 19.3 Å². The van der Waals surface area contributed by atoms with E-state index in [0.717, 1.165) is 16.0 Å². The topological polar surface area (TPSA) is 73.6 Å². The minimum Gasteiger partial charge on any atom is -0.497 e. The van der Waals surface area contributed by atoms with Crippen molar-refractivity contribution >= 4 is 23.4 Å². The molecule has 1 aromatic heterocycles. The van der Waals surface area contributed by atoms with Gasteiger partial charge in [-0.2, -0.15) is 0 Å². The average molecular weight is 368 g/mol. The standard InChI is InChI=1S/C19H16N2O4S/c1-23-11-7-8-15(24-2)14(9-11)20-19(22)17-13-10-26-16-6-4-3-5-12(16)18(13)25-21-17/h3-9H,10H2,1-2H3,(H,20,22). The summed E-state index contributed by atoms with van der Waals surface area (Å²) in [7, 11) is 3.11. The van der Waals surface area contributed by atoms with Crippen LogP contribution in [0.2, 0.25) is 0 Å². The van der Waals surface area contributed by atoms with Gasteiger partial charge in [0.05, 0.1) is 19.9 Å². The highest BCUT2D eigenvalue weighted by Gasteiger charge is 2.28. The third-order valence-electron chi connectivity index (χ3n) is 4.16. The molecule has 0 aliphatic carbocycles. The van der Waals surface area contributed by atoms with Crippen LogP contribution in [0.1, 0.15) is 16.1 Å². The summed E-state index contributed by atoms with van der Waals surface area (Å²) in [4.78, 5) is 13.9. The molecule has 132 valence electrons. The van der Waals surface area contributed by atoms with E-state index in [1.54, 1.807) is 44.2 Å². The van der Waals surface area contributed by atoms with E-state index in [-0.39, 0.29) is 11.6 Å². The lowest BCUT2D eigenvalue weighted by molar-refractivity contribution is 0.101. The molecular weight excluding hydrogens is 352 g/mol. The number of nitrogens with zero attached hydrogens (tertiary/aromatic N) is 1. The molecule has 1 aliphatic rings. The first kappa shape index (κ1) is 16.5. The maximum absolute atomic E-state index is 12.8. The molecule has 2 aromatic carbocycles. The van der Waals surface area contributed by atoms with Gasteiger partial charge in [-0.3, -0.25) is 4.79 Å². The zero-order chi connectivity index (χ0) is 18.1. The number of hydrogen-bond donors (Lipinski definition) is 1. The summed E-state index contributed by atoms with van der Waals surface area (Å²) in [5.41, 5.74) is 2.56. The fourth-order valence-corrected chi connectivity index (χ4v) is 3.92. The lowest BCUT2D eigenvalue weighted by atomic mass is 10.1. The Labute approximate surface area is 154 Å². The first-order valence-corrected chi connectivity index (χ1v) is 8.94. The lowest BCUT2D eigenvalue weighted by Gasteiger charge is -2.14. The van der Waals surface area contributed by atoms with Gasteiger partial charge in [0.1, 0.15) is 11.5 Å². The molecule has 0 radical (unpaired) electrons. The van der Waals surface area contributed by atoms with Gasteiger partial charge in [0, 0.05) is 27.8 Å². The first-order valence-electron chi connectivity index (χ1n) is 7.95. The smallest absolute Gasteiger partial charge is 0.278 e. The minimum atomic E-state index is -0.346. The van der Waals surface area contributed by atoms with Crippen LogP contribution in [0.4, 0.5) is 5.69 Å². The highest BCUT2D eigenvalue weighted by atomic mass is 32.2. The van der Waals surface area contributed by atoms with Gasteiger partial charge in [0.25, 0.3) is 5.91 Å². The molecule has 0 fully saturated rings. The summed E-state index contributed by atoms with van der Waals surface area (Å²) in [6.07, 6.45) is 0. The molecule has 6 nitrogen and oxygen atoms in total. The Morgan fingerprint density at radius 1 is 1.19 bits per heavy atom. The third-order valence-corrected chi connectivity index (χ3v) is 5.26. The molecule has 1 amide bonds. The molecule has 26 heavy (non-hydrogen) atoms. The molecule has 1 aliphatic heterocycles. The van der Waals surface area contributed by atoms with Crippen molar-refractivity contribution in [3.05, 3.63) is 53.7 Å². The predicted molar refractivity (Wildman–Crippen MR) is 99.0 cm³/mol.